The molecule has 0 spiro atoms. The Balaban J connectivity index is 1.66. The van der Waals surface area contributed by atoms with Gasteiger partial charge >= 0.3 is 0 Å². The van der Waals surface area contributed by atoms with Gasteiger partial charge in [-0.25, -0.2) is 0 Å². The first-order valence-electron chi connectivity index (χ1n) is 8.96. The van der Waals surface area contributed by atoms with Gasteiger partial charge in [0.1, 0.15) is 11.4 Å². The first-order valence-corrected chi connectivity index (χ1v) is 9.94. The Kier molecular flexibility index (Phi) is 5.48. The van der Waals surface area contributed by atoms with Gasteiger partial charge in [-0.15, -0.1) is 16.8 Å². The zero-order valence-electron chi connectivity index (χ0n) is 14.8. The Morgan fingerprint density at radius 2 is 2.16 bits per heavy atom. The molecule has 1 heterocycles. The number of hydrogen-bond donors (Lipinski definition) is 0. The molecule has 0 atom stereocenters. The summed E-state index contributed by atoms with van der Waals surface area (Å²) >= 11 is 1.40. The highest BCUT2D eigenvalue weighted by Crippen LogP contribution is 2.40. The molecule has 6 nitrogen and oxygen atoms in total. The van der Waals surface area contributed by atoms with Crippen LogP contribution >= 0.6 is 11.8 Å². The third-order valence-electron chi connectivity index (χ3n) is 5.23. The lowest BCUT2D eigenvalue weighted by Gasteiger charge is -2.39. The summed E-state index contributed by atoms with van der Waals surface area (Å²) in [6.07, 6.45) is 8.87. The molecule has 0 N–H and O–H groups in total. The fourth-order valence-corrected chi connectivity index (χ4v) is 4.34. The molecule has 0 radical (unpaired) electrons. The summed E-state index contributed by atoms with van der Waals surface area (Å²) in [7, 11) is 1.77. The minimum atomic E-state index is -0.635. The van der Waals surface area contributed by atoms with Crippen LogP contribution in [0.1, 0.15) is 56.7 Å². The average Bonchev–Trinajstić information content (AvgIpc) is 3.42. The highest BCUT2D eigenvalue weighted by atomic mass is 32.2. The van der Waals surface area contributed by atoms with E-state index in [1.54, 1.807) is 11.9 Å². The Morgan fingerprint density at radius 3 is 2.76 bits per heavy atom. The molecule has 0 unspecified atom stereocenters. The monoisotopic (exact) mass is 359 g/mol. The van der Waals surface area contributed by atoms with Crippen molar-refractivity contribution in [3.63, 3.8) is 0 Å². The van der Waals surface area contributed by atoms with Crippen molar-refractivity contribution in [2.75, 3.05) is 12.8 Å². The Bertz CT molecular complexity index is 682. The van der Waals surface area contributed by atoms with Crippen LogP contribution in [0, 0.1) is 11.3 Å². The highest BCUT2D eigenvalue weighted by molar-refractivity contribution is 7.99. The molecule has 2 aliphatic rings. The normalized spacial score (nSPS) is 19.2. The van der Waals surface area contributed by atoms with Crippen LogP contribution in [0.3, 0.4) is 0 Å². The number of allylic oxidation sites excluding steroid dienone is 1. The first-order chi connectivity index (χ1) is 12.1. The van der Waals surface area contributed by atoms with Gasteiger partial charge in [0.2, 0.25) is 5.91 Å². The summed E-state index contributed by atoms with van der Waals surface area (Å²) in [6.45, 7) is 4.47. The number of amides is 1. The second-order valence-electron chi connectivity index (χ2n) is 6.96. The standard InChI is InChI=1S/C18H25N5OS/c1-3-11-23-16(14-7-8-14)20-21-17(23)25-12-15(24)22(2)18(13-19)9-5-4-6-10-18/h3,14H,1,4-12H2,2H3. The summed E-state index contributed by atoms with van der Waals surface area (Å²) in [5.74, 6) is 1.77. The zero-order chi connectivity index (χ0) is 17.9. The molecule has 0 aromatic carbocycles. The van der Waals surface area contributed by atoms with Crippen molar-refractivity contribution in [3.05, 3.63) is 18.5 Å². The van der Waals surface area contributed by atoms with E-state index in [1.165, 1.54) is 11.8 Å². The molecule has 3 rings (SSSR count). The quantitative estimate of drug-likeness (QED) is 0.552. The van der Waals surface area contributed by atoms with E-state index in [9.17, 15) is 10.1 Å². The van der Waals surface area contributed by atoms with Crippen molar-refractivity contribution >= 4 is 17.7 Å². The number of carbonyl (C=O) groups excluding carboxylic acids is 1. The minimum Gasteiger partial charge on any atom is -0.326 e. The molecule has 0 bridgehead atoms. The second-order valence-corrected chi connectivity index (χ2v) is 7.90. The van der Waals surface area contributed by atoms with Crippen molar-refractivity contribution < 1.29 is 4.79 Å². The maximum atomic E-state index is 12.7. The Morgan fingerprint density at radius 1 is 1.44 bits per heavy atom. The molecule has 2 aliphatic carbocycles. The lowest BCUT2D eigenvalue weighted by molar-refractivity contribution is -0.131. The van der Waals surface area contributed by atoms with Gasteiger partial charge in [0.25, 0.3) is 0 Å². The van der Waals surface area contributed by atoms with Crippen LogP contribution in [-0.4, -0.2) is 43.9 Å². The van der Waals surface area contributed by atoms with Gasteiger partial charge in [-0.1, -0.05) is 37.1 Å². The number of carbonyl (C=O) groups is 1. The number of rotatable bonds is 7. The van der Waals surface area contributed by atoms with E-state index < -0.39 is 5.54 Å². The van der Waals surface area contributed by atoms with Gasteiger partial charge in [0, 0.05) is 19.5 Å². The molecule has 25 heavy (non-hydrogen) atoms. The van der Waals surface area contributed by atoms with Crippen LogP contribution in [0.2, 0.25) is 0 Å². The summed E-state index contributed by atoms with van der Waals surface area (Å²) in [6, 6.07) is 2.40. The van der Waals surface area contributed by atoms with Gasteiger partial charge in [-0.05, 0) is 25.7 Å². The Hall–Kier alpha value is -1.81. The number of thioether (sulfide) groups is 1. The van der Waals surface area contributed by atoms with Crippen molar-refractivity contribution in [1.29, 1.82) is 5.26 Å². The molecule has 1 aromatic heterocycles. The number of nitriles is 1. The smallest absolute Gasteiger partial charge is 0.234 e. The molecule has 134 valence electrons. The third kappa shape index (κ3) is 3.74. The summed E-state index contributed by atoms with van der Waals surface area (Å²) in [4.78, 5) is 14.3. The molecule has 7 heteroatoms. The fraction of sp³-hybridized carbons (Fsp3) is 0.667. The summed E-state index contributed by atoms with van der Waals surface area (Å²) < 4.78 is 2.06. The molecular weight excluding hydrogens is 334 g/mol. The second kappa shape index (κ2) is 7.61. The molecular formula is C18H25N5OS. The predicted molar refractivity (Wildman–Crippen MR) is 97.1 cm³/mol. The maximum Gasteiger partial charge on any atom is 0.234 e. The molecule has 2 saturated carbocycles. The average molecular weight is 359 g/mol. The van der Waals surface area contributed by atoms with Gasteiger partial charge in [0.15, 0.2) is 5.16 Å². The minimum absolute atomic E-state index is 0.0189. The van der Waals surface area contributed by atoms with Crippen molar-refractivity contribution in [3.8, 4) is 6.07 Å². The fourth-order valence-electron chi connectivity index (χ4n) is 3.47. The number of nitrogens with zero attached hydrogens (tertiary/aromatic N) is 5. The van der Waals surface area contributed by atoms with E-state index in [0.29, 0.717) is 12.5 Å². The maximum absolute atomic E-state index is 12.7. The van der Waals surface area contributed by atoms with Crippen LogP contribution < -0.4 is 0 Å². The molecule has 2 fully saturated rings. The van der Waals surface area contributed by atoms with E-state index in [0.717, 1.165) is 55.9 Å². The number of aromatic nitrogens is 3. The molecule has 1 amide bonds. The molecule has 0 saturated heterocycles. The van der Waals surface area contributed by atoms with Gasteiger partial charge in [-0.3, -0.25) is 4.79 Å². The van der Waals surface area contributed by atoms with Gasteiger partial charge in [-0.2, -0.15) is 5.26 Å². The van der Waals surface area contributed by atoms with Crippen molar-refractivity contribution in [1.82, 2.24) is 19.7 Å². The highest BCUT2D eigenvalue weighted by Gasteiger charge is 2.39. The zero-order valence-corrected chi connectivity index (χ0v) is 15.6. The predicted octanol–water partition coefficient (Wildman–Crippen LogP) is 3.12. The van der Waals surface area contributed by atoms with E-state index in [4.69, 9.17) is 0 Å². The van der Waals surface area contributed by atoms with Crippen LogP contribution in [0.4, 0.5) is 0 Å². The summed E-state index contributed by atoms with van der Waals surface area (Å²) in [5.41, 5.74) is -0.635. The SMILES string of the molecule is C=CCn1c(SCC(=O)N(C)C2(C#N)CCCCC2)nnc1C1CC1. The van der Waals surface area contributed by atoms with Gasteiger partial charge in [0.05, 0.1) is 11.8 Å². The van der Waals surface area contributed by atoms with E-state index in [2.05, 4.69) is 27.4 Å². The lowest BCUT2D eigenvalue weighted by atomic mass is 9.81. The van der Waals surface area contributed by atoms with Crippen LogP contribution in [-0.2, 0) is 11.3 Å². The topological polar surface area (TPSA) is 74.8 Å². The van der Waals surface area contributed by atoms with Crippen LogP contribution in [0.15, 0.2) is 17.8 Å². The van der Waals surface area contributed by atoms with E-state index in [-0.39, 0.29) is 11.7 Å². The van der Waals surface area contributed by atoms with Crippen LogP contribution in [0.25, 0.3) is 0 Å². The Labute approximate surface area is 153 Å². The van der Waals surface area contributed by atoms with Gasteiger partial charge < -0.3 is 9.47 Å². The van der Waals surface area contributed by atoms with Crippen LogP contribution in [0.5, 0.6) is 0 Å². The summed E-state index contributed by atoms with van der Waals surface area (Å²) in [5, 5.41) is 19.0. The third-order valence-corrected chi connectivity index (χ3v) is 6.18. The van der Waals surface area contributed by atoms with Crippen molar-refractivity contribution in [2.24, 2.45) is 0 Å². The largest absolute Gasteiger partial charge is 0.326 e. The molecule has 0 aliphatic heterocycles. The lowest BCUT2D eigenvalue weighted by Crippen LogP contribution is -2.50. The number of hydrogen-bond acceptors (Lipinski definition) is 5. The van der Waals surface area contributed by atoms with Crippen molar-refractivity contribution in [2.45, 2.75) is 68.1 Å². The van der Waals surface area contributed by atoms with E-state index >= 15 is 0 Å². The van der Waals surface area contributed by atoms with E-state index in [1.807, 2.05) is 6.08 Å². The molecule has 1 aromatic rings. The first kappa shape index (κ1) is 18.0.